The third-order valence-electron chi connectivity index (χ3n) is 13.6. The molecule has 1 aliphatic carbocycles. The average molecular weight is 671 g/mol. The third-order valence-corrected chi connectivity index (χ3v) is 13.6. The van der Waals surface area contributed by atoms with Gasteiger partial charge in [-0.1, -0.05) is 143 Å². The minimum absolute atomic E-state index is 0.0166. The van der Waals surface area contributed by atoms with Crippen molar-refractivity contribution in [1.29, 1.82) is 0 Å². The summed E-state index contributed by atoms with van der Waals surface area (Å²) in [5.41, 5.74) is 17.2. The molecule has 0 aromatic heterocycles. The van der Waals surface area contributed by atoms with E-state index in [0.717, 1.165) is 0 Å². The van der Waals surface area contributed by atoms with E-state index < -0.39 is 0 Å². The van der Waals surface area contributed by atoms with Crippen molar-refractivity contribution in [1.82, 2.24) is 0 Å². The summed E-state index contributed by atoms with van der Waals surface area (Å²) in [4.78, 5) is 5.64. The summed E-state index contributed by atoms with van der Waals surface area (Å²) in [5, 5.41) is 2.72. The second-order valence-electron chi connectivity index (χ2n) is 19.8. The van der Waals surface area contributed by atoms with Gasteiger partial charge in [0, 0.05) is 39.1 Å². The molecule has 4 aliphatic rings. The smallest absolute Gasteiger partial charge is 0.333 e. The zero-order valence-corrected chi connectivity index (χ0v) is 32.9. The van der Waals surface area contributed by atoms with Crippen LogP contribution in [0.2, 0.25) is 0 Å². The summed E-state index contributed by atoms with van der Waals surface area (Å²) in [6.07, 6.45) is 5.00. The van der Waals surface area contributed by atoms with Gasteiger partial charge in [-0.05, 0) is 104 Å². The summed E-state index contributed by atoms with van der Waals surface area (Å²) in [5.74, 6) is 0. The Bertz CT molecular complexity index is 2260. The highest BCUT2D eigenvalue weighted by molar-refractivity contribution is 6.94. The van der Waals surface area contributed by atoms with Crippen LogP contribution in [0.25, 0.3) is 21.9 Å². The van der Waals surface area contributed by atoms with Crippen molar-refractivity contribution in [2.24, 2.45) is 0 Å². The van der Waals surface area contributed by atoms with Crippen molar-refractivity contribution in [2.45, 2.75) is 129 Å². The van der Waals surface area contributed by atoms with Crippen molar-refractivity contribution >= 4 is 51.3 Å². The lowest BCUT2D eigenvalue weighted by molar-refractivity contribution is 0.195. The molecule has 3 heterocycles. The van der Waals surface area contributed by atoms with Gasteiger partial charge in [-0.15, -0.1) is 0 Å². The highest BCUT2D eigenvalue weighted by Crippen LogP contribution is 2.63. The molecule has 0 saturated heterocycles. The molecule has 0 radical (unpaired) electrons. The molecule has 0 amide bonds. The van der Waals surface area contributed by atoms with Gasteiger partial charge in [-0.25, -0.2) is 0 Å². The van der Waals surface area contributed by atoms with E-state index >= 15 is 0 Å². The summed E-state index contributed by atoms with van der Waals surface area (Å²) >= 11 is 0. The number of anilines is 4. The van der Waals surface area contributed by atoms with Gasteiger partial charge in [0.05, 0.1) is 5.54 Å². The van der Waals surface area contributed by atoms with E-state index in [1.807, 2.05) is 0 Å². The van der Waals surface area contributed by atoms with Gasteiger partial charge >= 0.3 is 6.85 Å². The van der Waals surface area contributed by atoms with Crippen LogP contribution in [-0.2, 0) is 21.7 Å². The molecule has 0 N–H and O–H groups in total. The Labute approximate surface area is 307 Å². The van der Waals surface area contributed by atoms with Gasteiger partial charge in [0.15, 0.2) is 0 Å². The quantitative estimate of drug-likeness (QED) is 0.164. The van der Waals surface area contributed by atoms with Crippen molar-refractivity contribution in [3.05, 3.63) is 107 Å². The van der Waals surface area contributed by atoms with Crippen LogP contribution in [0.1, 0.15) is 124 Å². The molecular formula is C48H55BN2. The topological polar surface area (TPSA) is 6.48 Å². The van der Waals surface area contributed by atoms with E-state index in [4.69, 9.17) is 0 Å². The molecule has 5 aromatic rings. The zero-order valence-electron chi connectivity index (χ0n) is 32.9. The Hall–Kier alpha value is -3.98. The molecule has 51 heavy (non-hydrogen) atoms. The summed E-state index contributed by atoms with van der Waals surface area (Å²) in [6.45, 7) is 26.5. The van der Waals surface area contributed by atoms with Gasteiger partial charge in [-0.2, -0.15) is 0 Å². The van der Waals surface area contributed by atoms with Crippen molar-refractivity contribution < 1.29 is 0 Å². The SMILES string of the molecule is CC(C)(C)c1ccc(N2B3c4cc(C(C)(C)C)cc5c4N(c4c3c(cc3ccccc43)-c3ccc(C(C)(C)C)cc32)C2(C)CCCCC52C)cc1. The predicted octanol–water partition coefficient (Wildman–Crippen LogP) is 11.7. The second-order valence-corrected chi connectivity index (χ2v) is 19.8. The van der Waals surface area contributed by atoms with E-state index in [1.165, 1.54) is 97.9 Å². The fourth-order valence-electron chi connectivity index (χ4n) is 10.3. The van der Waals surface area contributed by atoms with Crippen LogP contribution in [-0.4, -0.2) is 12.4 Å². The zero-order chi connectivity index (χ0) is 36.0. The molecule has 1 saturated carbocycles. The van der Waals surface area contributed by atoms with Crippen LogP contribution in [0.4, 0.5) is 22.7 Å². The number of nitrogens with zero attached hydrogens (tertiary/aromatic N) is 2. The van der Waals surface area contributed by atoms with E-state index in [2.05, 4.69) is 171 Å². The van der Waals surface area contributed by atoms with Gasteiger partial charge in [0.2, 0.25) is 0 Å². The lowest BCUT2D eigenvalue weighted by atomic mass is 9.42. The third kappa shape index (κ3) is 4.42. The second kappa shape index (κ2) is 10.3. The number of benzene rings is 5. The van der Waals surface area contributed by atoms with Crippen molar-refractivity contribution in [3.63, 3.8) is 0 Å². The monoisotopic (exact) mass is 670 g/mol. The first-order valence-electron chi connectivity index (χ1n) is 19.5. The molecule has 9 rings (SSSR count). The number of rotatable bonds is 1. The summed E-state index contributed by atoms with van der Waals surface area (Å²) in [6, 6.07) is 33.9. The molecule has 1 fully saturated rings. The minimum atomic E-state index is -0.0166. The predicted molar refractivity (Wildman–Crippen MR) is 222 cm³/mol. The fourth-order valence-corrected chi connectivity index (χ4v) is 10.3. The highest BCUT2D eigenvalue weighted by atomic mass is 15.3. The van der Waals surface area contributed by atoms with E-state index in [1.54, 1.807) is 5.56 Å². The Morgan fingerprint density at radius 2 is 1.25 bits per heavy atom. The maximum atomic E-state index is 2.90. The molecule has 2 nitrogen and oxygen atoms in total. The van der Waals surface area contributed by atoms with Gasteiger partial charge in [0.25, 0.3) is 0 Å². The van der Waals surface area contributed by atoms with Crippen molar-refractivity contribution in [3.8, 4) is 11.1 Å². The summed E-state index contributed by atoms with van der Waals surface area (Å²) < 4.78 is 0. The molecule has 3 heteroatoms. The fraction of sp³-hybridized carbons (Fsp3) is 0.417. The van der Waals surface area contributed by atoms with E-state index in [0.29, 0.717) is 0 Å². The van der Waals surface area contributed by atoms with Crippen LogP contribution < -0.4 is 20.6 Å². The van der Waals surface area contributed by atoms with E-state index in [-0.39, 0.29) is 34.0 Å². The van der Waals surface area contributed by atoms with Crippen molar-refractivity contribution in [2.75, 3.05) is 9.71 Å². The molecule has 5 aromatic carbocycles. The minimum Gasteiger partial charge on any atom is -0.376 e. The Balaban J connectivity index is 1.46. The highest BCUT2D eigenvalue weighted by Gasteiger charge is 2.62. The van der Waals surface area contributed by atoms with Gasteiger partial charge in [0.1, 0.15) is 0 Å². The molecule has 260 valence electrons. The molecule has 2 atom stereocenters. The lowest BCUT2D eigenvalue weighted by Gasteiger charge is -2.53. The van der Waals surface area contributed by atoms with Crippen LogP contribution >= 0.6 is 0 Å². The maximum Gasteiger partial charge on any atom is 0.333 e. The first kappa shape index (κ1) is 32.9. The Morgan fingerprint density at radius 3 is 1.94 bits per heavy atom. The molecule has 2 unspecified atom stereocenters. The first-order valence-corrected chi connectivity index (χ1v) is 19.5. The van der Waals surface area contributed by atoms with E-state index in [9.17, 15) is 0 Å². The number of fused-ring (bicyclic) bond motifs is 9. The standard InChI is InChI=1S/C48H55BN2/c1-44(2,3)31-18-21-34(22-19-31)51-40-29-32(45(4,5)6)20-23-36(40)37-26-30-16-12-13-17-35(30)42-41(37)49(51)39-28-33(46(7,8)9)27-38-43(39)50(42)48(11)25-15-14-24-47(38,48)10/h12-13,16-23,26-29H,14-15,24-25H2,1-11H3. The Kier molecular flexibility index (Phi) is 6.67. The normalized spacial score (nSPS) is 22.1. The lowest BCUT2D eigenvalue weighted by Crippen LogP contribution is -2.64. The molecular weight excluding hydrogens is 615 g/mol. The molecule has 0 spiro atoms. The van der Waals surface area contributed by atoms with Crippen LogP contribution in [0.5, 0.6) is 0 Å². The first-order chi connectivity index (χ1) is 23.9. The summed E-state index contributed by atoms with van der Waals surface area (Å²) in [7, 11) is 0. The number of hydrogen-bond donors (Lipinski definition) is 0. The van der Waals surface area contributed by atoms with Gasteiger partial charge in [-0.3, -0.25) is 0 Å². The van der Waals surface area contributed by atoms with Gasteiger partial charge < -0.3 is 9.71 Å². The Morgan fingerprint density at radius 1 is 0.608 bits per heavy atom. The average Bonchev–Trinajstić information content (AvgIpc) is 3.28. The maximum absolute atomic E-state index is 2.90. The van der Waals surface area contributed by atoms with Crippen LogP contribution in [0, 0.1) is 0 Å². The number of hydrogen-bond acceptors (Lipinski definition) is 2. The van der Waals surface area contributed by atoms with Crippen LogP contribution in [0.15, 0.2) is 84.9 Å². The molecule has 0 bridgehead atoms. The van der Waals surface area contributed by atoms with Crippen LogP contribution in [0.3, 0.4) is 0 Å². The molecule has 3 aliphatic heterocycles. The largest absolute Gasteiger partial charge is 0.376 e.